The van der Waals surface area contributed by atoms with E-state index in [-0.39, 0.29) is 18.6 Å². The van der Waals surface area contributed by atoms with Gasteiger partial charge in [-0.25, -0.2) is 9.59 Å². The summed E-state index contributed by atoms with van der Waals surface area (Å²) in [5.74, 6) is 0.592. The minimum absolute atomic E-state index is 0.199. The largest absolute Gasteiger partial charge is 0.465 e. The van der Waals surface area contributed by atoms with Crippen LogP contribution in [0.4, 0.5) is 4.79 Å². The van der Waals surface area contributed by atoms with E-state index in [0.717, 1.165) is 19.5 Å². The summed E-state index contributed by atoms with van der Waals surface area (Å²) in [5, 5.41) is 5.83. The van der Waals surface area contributed by atoms with Gasteiger partial charge >= 0.3 is 12.0 Å². The van der Waals surface area contributed by atoms with Crippen molar-refractivity contribution in [3.63, 3.8) is 0 Å². The number of nitrogens with zero attached hydrogens (tertiary/aromatic N) is 1. The predicted molar refractivity (Wildman–Crippen MR) is 92.4 cm³/mol. The number of furan rings is 1. The minimum atomic E-state index is -0.435. The highest BCUT2D eigenvalue weighted by atomic mass is 16.5. The average Bonchev–Trinajstić information content (AvgIpc) is 3.32. The van der Waals surface area contributed by atoms with Crippen LogP contribution in [0.2, 0.25) is 0 Å². The third-order valence-corrected chi connectivity index (χ3v) is 5.19. The minimum Gasteiger partial charge on any atom is -0.465 e. The summed E-state index contributed by atoms with van der Waals surface area (Å²) in [7, 11) is 1.33. The number of esters is 1. The van der Waals surface area contributed by atoms with Crippen molar-refractivity contribution in [3.8, 4) is 0 Å². The third-order valence-electron chi connectivity index (χ3n) is 5.19. The van der Waals surface area contributed by atoms with Gasteiger partial charge in [-0.2, -0.15) is 0 Å². The number of amides is 2. The Morgan fingerprint density at radius 2 is 2.08 bits per heavy atom. The fourth-order valence-electron chi connectivity index (χ4n) is 3.85. The lowest BCUT2D eigenvalue weighted by molar-refractivity contribution is 0.0598. The van der Waals surface area contributed by atoms with E-state index in [1.807, 2.05) is 0 Å². The predicted octanol–water partition coefficient (Wildman–Crippen LogP) is 2.19. The molecule has 2 heterocycles. The maximum Gasteiger partial charge on any atom is 0.341 e. The molecule has 1 aliphatic heterocycles. The lowest BCUT2D eigenvalue weighted by atomic mass is 10.2. The third kappa shape index (κ3) is 4.34. The maximum atomic E-state index is 12.1. The van der Waals surface area contributed by atoms with E-state index in [0.29, 0.717) is 23.1 Å². The molecule has 1 saturated carbocycles. The van der Waals surface area contributed by atoms with E-state index in [2.05, 4.69) is 15.5 Å². The topological polar surface area (TPSA) is 83.8 Å². The fourth-order valence-corrected chi connectivity index (χ4v) is 3.85. The Kier molecular flexibility index (Phi) is 5.63. The number of carbonyl (C=O) groups excluding carboxylic acids is 2. The van der Waals surface area contributed by atoms with Crippen LogP contribution >= 0.6 is 0 Å². The van der Waals surface area contributed by atoms with E-state index in [4.69, 9.17) is 9.15 Å². The first-order valence-corrected chi connectivity index (χ1v) is 9.03. The van der Waals surface area contributed by atoms with Crippen molar-refractivity contribution in [3.05, 3.63) is 23.2 Å². The first-order valence-electron chi connectivity index (χ1n) is 9.03. The van der Waals surface area contributed by atoms with Gasteiger partial charge < -0.3 is 19.8 Å². The van der Waals surface area contributed by atoms with Crippen LogP contribution in [-0.2, 0) is 11.3 Å². The molecule has 3 rings (SSSR count). The number of carbonyl (C=O) groups is 2. The van der Waals surface area contributed by atoms with Crippen LogP contribution in [-0.4, -0.2) is 49.2 Å². The van der Waals surface area contributed by atoms with E-state index >= 15 is 0 Å². The monoisotopic (exact) mass is 349 g/mol. The summed E-state index contributed by atoms with van der Waals surface area (Å²) < 4.78 is 10.2. The SMILES string of the molecule is COC(=O)c1cc(CNC(=O)N[C@H]2CCN(C3CCCC3)C2)oc1C. The van der Waals surface area contributed by atoms with Gasteiger partial charge in [0.2, 0.25) is 0 Å². The molecule has 7 heteroatoms. The van der Waals surface area contributed by atoms with Crippen molar-refractivity contribution in [2.45, 2.75) is 57.7 Å². The van der Waals surface area contributed by atoms with Crippen molar-refractivity contribution in [2.75, 3.05) is 20.2 Å². The number of urea groups is 1. The summed E-state index contributed by atoms with van der Waals surface area (Å²) >= 11 is 0. The molecule has 2 fully saturated rings. The van der Waals surface area contributed by atoms with Gasteiger partial charge in [-0.3, -0.25) is 4.90 Å². The van der Waals surface area contributed by atoms with Gasteiger partial charge in [-0.05, 0) is 32.3 Å². The molecule has 2 N–H and O–H groups in total. The van der Waals surface area contributed by atoms with Gasteiger partial charge in [-0.1, -0.05) is 12.8 Å². The summed E-state index contributed by atoms with van der Waals surface area (Å²) in [5.41, 5.74) is 0.391. The number of hydrogen-bond donors (Lipinski definition) is 2. The molecular formula is C18H27N3O4. The molecule has 1 aromatic rings. The Morgan fingerprint density at radius 3 is 2.80 bits per heavy atom. The molecule has 2 aliphatic rings. The Labute approximate surface area is 148 Å². The first-order chi connectivity index (χ1) is 12.1. The van der Waals surface area contributed by atoms with Crippen LogP contribution in [0.25, 0.3) is 0 Å². The molecule has 25 heavy (non-hydrogen) atoms. The Balaban J connectivity index is 1.43. The van der Waals surface area contributed by atoms with E-state index in [1.54, 1.807) is 13.0 Å². The van der Waals surface area contributed by atoms with Gasteiger partial charge in [0.05, 0.1) is 13.7 Å². The lowest BCUT2D eigenvalue weighted by Gasteiger charge is -2.23. The number of likely N-dealkylation sites (tertiary alicyclic amines) is 1. The average molecular weight is 349 g/mol. The molecule has 2 amide bonds. The molecule has 1 aliphatic carbocycles. The van der Waals surface area contributed by atoms with E-state index < -0.39 is 5.97 Å². The highest BCUT2D eigenvalue weighted by molar-refractivity contribution is 5.90. The van der Waals surface area contributed by atoms with Gasteiger partial charge in [0, 0.05) is 25.2 Å². The van der Waals surface area contributed by atoms with Crippen molar-refractivity contribution >= 4 is 12.0 Å². The van der Waals surface area contributed by atoms with Crippen LogP contribution < -0.4 is 10.6 Å². The summed E-state index contributed by atoms with van der Waals surface area (Å²) in [4.78, 5) is 26.2. The van der Waals surface area contributed by atoms with Crippen LogP contribution in [0.3, 0.4) is 0 Å². The molecular weight excluding hydrogens is 322 g/mol. The second-order valence-corrected chi connectivity index (χ2v) is 6.92. The molecule has 0 aromatic carbocycles. The number of methoxy groups -OCH3 is 1. The van der Waals surface area contributed by atoms with Crippen molar-refractivity contribution in [2.24, 2.45) is 0 Å². The summed E-state index contributed by atoms with van der Waals surface area (Å²) in [6.45, 7) is 3.94. The molecule has 7 nitrogen and oxygen atoms in total. The molecule has 1 saturated heterocycles. The van der Waals surface area contributed by atoms with Crippen molar-refractivity contribution in [1.82, 2.24) is 15.5 Å². The van der Waals surface area contributed by atoms with Crippen LogP contribution in [0.15, 0.2) is 10.5 Å². The molecule has 0 spiro atoms. The Hall–Kier alpha value is -2.02. The normalized spacial score (nSPS) is 21.4. The van der Waals surface area contributed by atoms with Gasteiger partial charge in [0.15, 0.2) is 0 Å². The Bertz CT molecular complexity index is 622. The number of ether oxygens (including phenoxy) is 1. The first kappa shape index (κ1) is 17.8. The van der Waals surface area contributed by atoms with Crippen LogP contribution in [0.1, 0.15) is 54.0 Å². The zero-order valence-corrected chi connectivity index (χ0v) is 15.0. The highest BCUT2D eigenvalue weighted by Gasteiger charge is 2.30. The zero-order valence-electron chi connectivity index (χ0n) is 15.0. The van der Waals surface area contributed by atoms with Crippen LogP contribution in [0, 0.1) is 6.92 Å². The molecule has 1 atom stereocenters. The number of rotatable bonds is 5. The summed E-state index contributed by atoms with van der Waals surface area (Å²) in [6.07, 6.45) is 6.24. The lowest BCUT2D eigenvalue weighted by Crippen LogP contribution is -2.43. The standard InChI is InChI=1S/C18H27N3O4/c1-12-16(17(22)24-2)9-15(25-12)10-19-18(23)20-13-7-8-21(11-13)14-5-3-4-6-14/h9,13-14H,3-8,10-11H2,1-2H3,(H2,19,20,23)/t13-/m0/s1. The molecule has 138 valence electrons. The summed E-state index contributed by atoms with van der Waals surface area (Å²) in [6, 6.07) is 2.31. The second kappa shape index (κ2) is 7.91. The van der Waals surface area contributed by atoms with Gasteiger partial charge in [0.1, 0.15) is 17.1 Å². The molecule has 0 radical (unpaired) electrons. The molecule has 0 bridgehead atoms. The number of hydrogen-bond acceptors (Lipinski definition) is 5. The molecule has 1 aromatic heterocycles. The van der Waals surface area contributed by atoms with Crippen molar-refractivity contribution in [1.29, 1.82) is 0 Å². The van der Waals surface area contributed by atoms with Gasteiger partial charge in [0.25, 0.3) is 0 Å². The highest BCUT2D eigenvalue weighted by Crippen LogP contribution is 2.26. The van der Waals surface area contributed by atoms with E-state index in [9.17, 15) is 9.59 Å². The fraction of sp³-hybridized carbons (Fsp3) is 0.667. The van der Waals surface area contributed by atoms with E-state index in [1.165, 1.54) is 32.8 Å². The quantitative estimate of drug-likeness (QED) is 0.796. The van der Waals surface area contributed by atoms with Gasteiger partial charge in [-0.15, -0.1) is 0 Å². The van der Waals surface area contributed by atoms with Crippen molar-refractivity contribution < 1.29 is 18.7 Å². The van der Waals surface area contributed by atoms with Crippen LogP contribution in [0.5, 0.6) is 0 Å². The Morgan fingerprint density at radius 1 is 1.32 bits per heavy atom. The maximum absolute atomic E-state index is 12.1. The smallest absolute Gasteiger partial charge is 0.341 e. The number of aryl methyl sites for hydroxylation is 1. The zero-order chi connectivity index (χ0) is 17.8. The molecule has 0 unspecified atom stereocenters. The number of nitrogens with one attached hydrogen (secondary N) is 2. The second-order valence-electron chi connectivity index (χ2n) is 6.92.